The van der Waals surface area contributed by atoms with Gasteiger partial charge < -0.3 is 0 Å². The molecule has 4 rings (SSSR count). The highest BCUT2D eigenvalue weighted by atomic mass is 35.5. The summed E-state index contributed by atoms with van der Waals surface area (Å²) in [6, 6.07) is 10.3. The molecule has 134 valence electrons. The molecule has 0 radical (unpaired) electrons. The van der Waals surface area contributed by atoms with Crippen molar-refractivity contribution in [2.24, 2.45) is 0 Å². The van der Waals surface area contributed by atoms with E-state index in [9.17, 15) is 20.2 Å². The monoisotopic (exact) mass is 402 g/mol. The van der Waals surface area contributed by atoms with Gasteiger partial charge in [-0.25, -0.2) is 0 Å². The molecule has 0 spiro atoms. The average molecular weight is 403 g/mol. The Labute approximate surface area is 159 Å². The molecule has 12 heteroatoms. The summed E-state index contributed by atoms with van der Waals surface area (Å²) in [5.74, 6) is 0.462. The van der Waals surface area contributed by atoms with E-state index in [2.05, 4.69) is 15.3 Å². The number of benzene rings is 2. The molecule has 0 fully saturated rings. The van der Waals surface area contributed by atoms with Crippen LogP contribution in [0.5, 0.6) is 0 Å². The lowest BCUT2D eigenvalue weighted by Gasteiger charge is -1.99. The van der Waals surface area contributed by atoms with Gasteiger partial charge in [0.15, 0.2) is 5.82 Å². The van der Waals surface area contributed by atoms with Gasteiger partial charge in [0.1, 0.15) is 5.01 Å². The molecule has 0 atom stereocenters. The normalized spacial score (nSPS) is 11.0. The van der Waals surface area contributed by atoms with Gasteiger partial charge in [0, 0.05) is 28.3 Å². The minimum Gasteiger partial charge on any atom is -0.258 e. The molecule has 10 nitrogen and oxygen atoms in total. The molecule has 0 aliphatic rings. The number of hydrogen-bond acceptors (Lipinski definition) is 8. The number of nitro groups is 2. The number of halogens is 1. The fraction of sp³-hybridized carbons (Fsp3) is 0. The fourth-order valence-electron chi connectivity index (χ4n) is 2.44. The Morgan fingerprint density at radius 3 is 2.15 bits per heavy atom. The Balaban J connectivity index is 1.85. The van der Waals surface area contributed by atoms with Crippen LogP contribution in [-0.4, -0.2) is 29.7 Å². The minimum absolute atomic E-state index is 0.258. The van der Waals surface area contributed by atoms with Crippen molar-refractivity contribution in [2.45, 2.75) is 0 Å². The van der Waals surface area contributed by atoms with Crippen LogP contribution in [0.25, 0.3) is 26.9 Å². The van der Waals surface area contributed by atoms with Crippen molar-refractivity contribution in [1.29, 1.82) is 0 Å². The first-order valence-corrected chi connectivity index (χ1v) is 8.54. The van der Waals surface area contributed by atoms with E-state index in [0.29, 0.717) is 20.8 Å². The van der Waals surface area contributed by atoms with Crippen LogP contribution in [0.15, 0.2) is 42.5 Å². The van der Waals surface area contributed by atoms with Crippen molar-refractivity contribution in [3.8, 4) is 22.0 Å². The van der Waals surface area contributed by atoms with E-state index < -0.39 is 9.85 Å². The molecule has 2 aromatic heterocycles. The van der Waals surface area contributed by atoms with Gasteiger partial charge in [0.25, 0.3) is 11.4 Å². The first-order chi connectivity index (χ1) is 12.9. The van der Waals surface area contributed by atoms with E-state index in [4.69, 9.17) is 11.6 Å². The summed E-state index contributed by atoms with van der Waals surface area (Å²) in [5, 5.41) is 35.6. The third-order valence-corrected chi connectivity index (χ3v) is 4.86. The minimum atomic E-state index is -0.685. The van der Waals surface area contributed by atoms with Gasteiger partial charge in [-0.1, -0.05) is 22.9 Å². The van der Waals surface area contributed by atoms with Gasteiger partial charge in [0.05, 0.1) is 15.9 Å². The van der Waals surface area contributed by atoms with Crippen LogP contribution in [-0.2, 0) is 0 Å². The Hall–Kier alpha value is -3.44. The van der Waals surface area contributed by atoms with Crippen molar-refractivity contribution in [3.63, 3.8) is 0 Å². The van der Waals surface area contributed by atoms with Crippen LogP contribution in [0, 0.1) is 20.2 Å². The van der Waals surface area contributed by atoms with Crippen LogP contribution in [0.4, 0.5) is 11.4 Å². The van der Waals surface area contributed by atoms with E-state index >= 15 is 0 Å². The van der Waals surface area contributed by atoms with E-state index in [1.54, 1.807) is 24.3 Å². The molecule has 0 N–H and O–H groups in total. The van der Waals surface area contributed by atoms with Gasteiger partial charge in [0.2, 0.25) is 4.96 Å². The Morgan fingerprint density at radius 1 is 0.926 bits per heavy atom. The second-order valence-corrected chi connectivity index (χ2v) is 6.78. The zero-order chi connectivity index (χ0) is 19.1. The van der Waals surface area contributed by atoms with Crippen molar-refractivity contribution < 1.29 is 9.85 Å². The zero-order valence-corrected chi connectivity index (χ0v) is 14.7. The van der Waals surface area contributed by atoms with Gasteiger partial charge in [-0.2, -0.15) is 9.61 Å². The first-order valence-electron chi connectivity index (χ1n) is 7.35. The van der Waals surface area contributed by atoms with Gasteiger partial charge in [-0.3, -0.25) is 20.2 Å². The predicted octanol–water partition coefficient (Wildman–Crippen LogP) is 3.99. The van der Waals surface area contributed by atoms with Crippen LogP contribution in [0.1, 0.15) is 0 Å². The fourth-order valence-corrected chi connectivity index (χ4v) is 3.39. The summed E-state index contributed by atoms with van der Waals surface area (Å²) in [7, 11) is 0. The third kappa shape index (κ3) is 3.09. The molecular formula is C15H7ClN6O4S. The highest BCUT2D eigenvalue weighted by molar-refractivity contribution is 7.19. The molecule has 0 saturated heterocycles. The van der Waals surface area contributed by atoms with E-state index in [-0.39, 0.29) is 16.9 Å². The van der Waals surface area contributed by atoms with Gasteiger partial charge in [-0.15, -0.1) is 10.2 Å². The number of aromatic nitrogens is 4. The Morgan fingerprint density at radius 2 is 1.56 bits per heavy atom. The number of hydrogen-bond donors (Lipinski definition) is 0. The van der Waals surface area contributed by atoms with Gasteiger partial charge >= 0.3 is 0 Å². The van der Waals surface area contributed by atoms with Crippen LogP contribution in [0.2, 0.25) is 5.02 Å². The number of nitro benzene ring substituents is 2. The molecule has 0 aliphatic carbocycles. The second kappa shape index (κ2) is 6.37. The smallest absolute Gasteiger partial charge is 0.258 e. The van der Waals surface area contributed by atoms with Crippen molar-refractivity contribution in [3.05, 3.63) is 67.7 Å². The lowest BCUT2D eigenvalue weighted by Crippen LogP contribution is -1.94. The lowest BCUT2D eigenvalue weighted by atomic mass is 10.2. The number of non-ortho nitro benzene ring substituents is 2. The Kier molecular flexibility index (Phi) is 4.01. The number of rotatable bonds is 4. The molecule has 0 saturated carbocycles. The maximum Gasteiger partial charge on any atom is 0.277 e. The quantitative estimate of drug-likeness (QED) is 0.372. The summed E-state index contributed by atoms with van der Waals surface area (Å²) in [4.78, 5) is 21.2. The maximum atomic E-state index is 11.1. The van der Waals surface area contributed by atoms with Crippen molar-refractivity contribution in [1.82, 2.24) is 19.8 Å². The molecule has 27 heavy (non-hydrogen) atoms. The SMILES string of the molecule is O=[N+]([O-])c1cc(-c2nn3c(-c4ccc(Cl)cc4)nnc3s2)cc([N+](=O)[O-])c1. The summed E-state index contributed by atoms with van der Waals surface area (Å²) < 4.78 is 1.48. The molecular weight excluding hydrogens is 396 g/mol. The molecule has 0 bridgehead atoms. The number of fused-ring (bicyclic) bond motifs is 1. The highest BCUT2D eigenvalue weighted by Gasteiger charge is 2.21. The molecule has 2 heterocycles. The molecule has 0 unspecified atom stereocenters. The van der Waals surface area contributed by atoms with Crippen molar-refractivity contribution in [2.75, 3.05) is 0 Å². The molecule has 0 amide bonds. The van der Waals surface area contributed by atoms with Crippen LogP contribution < -0.4 is 0 Å². The third-order valence-electron chi connectivity index (χ3n) is 3.66. The van der Waals surface area contributed by atoms with E-state index in [0.717, 1.165) is 23.0 Å². The summed E-state index contributed by atoms with van der Waals surface area (Å²) in [6.45, 7) is 0. The predicted molar refractivity (Wildman–Crippen MR) is 97.8 cm³/mol. The van der Waals surface area contributed by atoms with Crippen LogP contribution in [0.3, 0.4) is 0 Å². The first kappa shape index (κ1) is 17.0. The average Bonchev–Trinajstić information content (AvgIpc) is 3.23. The molecule has 4 aromatic rings. The highest BCUT2D eigenvalue weighted by Crippen LogP contribution is 2.33. The second-order valence-electron chi connectivity index (χ2n) is 5.38. The van der Waals surface area contributed by atoms with E-state index in [1.165, 1.54) is 16.6 Å². The molecule has 2 aromatic carbocycles. The van der Waals surface area contributed by atoms with E-state index in [1.807, 2.05) is 0 Å². The number of nitrogens with zero attached hydrogens (tertiary/aromatic N) is 6. The standard InChI is InChI=1S/C15H7ClN6O4S/c16-10-3-1-8(2-4-10)13-17-18-15-20(13)19-14(27-15)9-5-11(21(23)24)7-12(6-9)22(25)26/h1-7H. The summed E-state index contributed by atoms with van der Waals surface area (Å²) >= 11 is 7.01. The topological polar surface area (TPSA) is 129 Å². The largest absolute Gasteiger partial charge is 0.277 e. The summed E-state index contributed by atoms with van der Waals surface area (Å²) in [6.07, 6.45) is 0. The zero-order valence-electron chi connectivity index (χ0n) is 13.1. The van der Waals surface area contributed by atoms with Gasteiger partial charge in [-0.05, 0) is 24.3 Å². The van der Waals surface area contributed by atoms with Crippen LogP contribution >= 0.6 is 22.9 Å². The van der Waals surface area contributed by atoms with Crippen molar-refractivity contribution >= 4 is 39.3 Å². The Bertz CT molecular complexity index is 1170. The lowest BCUT2D eigenvalue weighted by molar-refractivity contribution is -0.394. The summed E-state index contributed by atoms with van der Waals surface area (Å²) in [5.41, 5.74) is 0.216. The molecule has 0 aliphatic heterocycles. The maximum absolute atomic E-state index is 11.1.